The SMILES string of the molecule is CCCC[C@H](C)C(=O)N1C[C@H]2C[C@H]2[C@H]1C(=O)N[C@@H](CCC(N)=O)[C@@H](C)OCc1ccc(CCCNC(=O)COCCOCCCc2ccc3c(c2)n(C)c(=O)n3C2CCC(=O)NC2=O)cc1. The van der Waals surface area contributed by atoms with E-state index in [1.54, 1.807) is 11.9 Å². The van der Waals surface area contributed by atoms with Crippen LogP contribution < -0.4 is 27.4 Å². The molecule has 1 saturated carbocycles. The maximum atomic E-state index is 13.7. The molecule has 7 atom stereocenters. The van der Waals surface area contributed by atoms with E-state index in [1.807, 2.05) is 56.3 Å². The molecule has 3 aliphatic rings. The summed E-state index contributed by atoms with van der Waals surface area (Å²) in [4.78, 5) is 90.0. The molecule has 0 radical (unpaired) electrons. The van der Waals surface area contributed by atoms with Gasteiger partial charge >= 0.3 is 5.69 Å². The number of fused-ring (bicyclic) bond motifs is 2. The molecule has 1 aliphatic carbocycles. The topological polar surface area (TPSA) is 222 Å². The van der Waals surface area contributed by atoms with Crippen LogP contribution in [0.25, 0.3) is 11.0 Å². The first-order chi connectivity index (χ1) is 31.7. The standard InChI is InChI=1S/C49H69N7O10/c1-5-6-9-31(2)48(62)55-28-36-27-37(36)45(55)47(61)52-38(17-20-42(50)57)32(3)66-29-35-14-12-33(13-15-35)10-7-22-51-44(59)30-65-25-24-64-23-8-11-34-16-18-39-41(26-34)54(4)49(63)56(39)40-19-21-43(58)53-46(40)60/h12-16,18,26,31-32,36-38,40,45H,5-11,17,19-25,27-30H2,1-4H3,(H2,50,57)(H,51,59)(H,52,61)(H,53,58,60)/t31-,32+,36+,37+,38-,40?,45-/m0/s1. The highest BCUT2D eigenvalue weighted by Crippen LogP contribution is 2.50. The third kappa shape index (κ3) is 13.4. The van der Waals surface area contributed by atoms with E-state index in [4.69, 9.17) is 19.9 Å². The molecule has 0 spiro atoms. The van der Waals surface area contributed by atoms with Crippen molar-refractivity contribution in [3.63, 3.8) is 0 Å². The molecule has 3 aromatic rings. The number of nitrogens with one attached hydrogen (secondary N) is 3. The number of carbonyl (C=O) groups is 6. The molecular weight excluding hydrogens is 847 g/mol. The fourth-order valence-electron chi connectivity index (χ4n) is 9.21. The molecule has 1 unspecified atom stereocenters. The molecule has 2 aliphatic heterocycles. The number of piperidine rings is 2. The van der Waals surface area contributed by atoms with Gasteiger partial charge in [0.2, 0.25) is 35.4 Å². The normalized spacial score (nSPS) is 20.4. The van der Waals surface area contributed by atoms with E-state index in [0.717, 1.165) is 73.6 Å². The molecule has 17 nitrogen and oxygen atoms in total. The molecule has 2 aromatic carbocycles. The molecule has 6 amide bonds. The van der Waals surface area contributed by atoms with Crippen LogP contribution in [-0.2, 0) is 69.5 Å². The second-order valence-corrected chi connectivity index (χ2v) is 18.3. The highest BCUT2D eigenvalue weighted by molar-refractivity contribution is 6.00. The third-order valence-electron chi connectivity index (χ3n) is 13.2. The van der Waals surface area contributed by atoms with E-state index < -0.39 is 36.0 Å². The first-order valence-corrected chi connectivity index (χ1v) is 23.8. The molecule has 5 N–H and O–H groups in total. The molecule has 17 heteroatoms. The maximum absolute atomic E-state index is 13.7. The number of rotatable bonds is 27. The van der Waals surface area contributed by atoms with Gasteiger partial charge in [-0.25, -0.2) is 4.79 Å². The highest BCUT2D eigenvalue weighted by atomic mass is 16.5. The van der Waals surface area contributed by atoms with Gasteiger partial charge in [-0.2, -0.15) is 0 Å². The fourth-order valence-corrected chi connectivity index (χ4v) is 9.21. The Morgan fingerprint density at radius 3 is 2.36 bits per heavy atom. The number of nitrogens with two attached hydrogens (primary N) is 1. The van der Waals surface area contributed by atoms with Gasteiger partial charge in [0, 0.05) is 45.5 Å². The monoisotopic (exact) mass is 916 g/mol. The van der Waals surface area contributed by atoms with Crippen LogP contribution in [0.3, 0.4) is 0 Å². The van der Waals surface area contributed by atoms with Gasteiger partial charge < -0.3 is 35.5 Å². The van der Waals surface area contributed by atoms with Crippen molar-refractivity contribution in [3.8, 4) is 0 Å². The van der Waals surface area contributed by atoms with Crippen LogP contribution in [0.2, 0.25) is 0 Å². The Morgan fingerprint density at radius 1 is 0.894 bits per heavy atom. The average molecular weight is 916 g/mol. The third-order valence-corrected chi connectivity index (χ3v) is 13.2. The summed E-state index contributed by atoms with van der Waals surface area (Å²) in [5, 5.41) is 8.36. The second kappa shape index (κ2) is 23.9. The van der Waals surface area contributed by atoms with Crippen LogP contribution in [0.5, 0.6) is 0 Å². The minimum absolute atomic E-state index is 0.0455. The number of benzene rings is 2. The quantitative estimate of drug-likeness (QED) is 0.0645. The summed E-state index contributed by atoms with van der Waals surface area (Å²) in [5.74, 6) is -1.14. The number of imide groups is 1. The number of unbranched alkanes of at least 4 members (excludes halogenated alkanes) is 1. The molecule has 0 bridgehead atoms. The highest BCUT2D eigenvalue weighted by Gasteiger charge is 2.57. The number of imidazole rings is 1. The number of hydrogen-bond donors (Lipinski definition) is 4. The van der Waals surface area contributed by atoms with Crippen LogP contribution >= 0.6 is 0 Å². The summed E-state index contributed by atoms with van der Waals surface area (Å²) in [6.07, 6.45) is 7.26. The van der Waals surface area contributed by atoms with Crippen LogP contribution in [0.15, 0.2) is 47.3 Å². The fraction of sp³-hybridized carbons (Fsp3) is 0.612. The Hall–Kier alpha value is -5.39. The number of primary amides is 1. The van der Waals surface area contributed by atoms with E-state index in [-0.39, 0.29) is 73.6 Å². The zero-order valence-corrected chi connectivity index (χ0v) is 39.0. The molecule has 3 fully saturated rings. The summed E-state index contributed by atoms with van der Waals surface area (Å²) in [6, 6.07) is 12.1. The predicted molar refractivity (Wildman–Crippen MR) is 247 cm³/mol. The Bertz CT molecular complexity index is 2240. The predicted octanol–water partition coefficient (Wildman–Crippen LogP) is 3.36. The molecule has 3 heterocycles. The van der Waals surface area contributed by atoms with Gasteiger partial charge in [0.1, 0.15) is 18.7 Å². The molecule has 360 valence electrons. The maximum Gasteiger partial charge on any atom is 0.329 e. The van der Waals surface area contributed by atoms with Gasteiger partial charge in [0.25, 0.3) is 0 Å². The van der Waals surface area contributed by atoms with E-state index in [0.29, 0.717) is 50.8 Å². The van der Waals surface area contributed by atoms with Gasteiger partial charge in [0.05, 0.1) is 43.0 Å². The molecule has 2 saturated heterocycles. The lowest BCUT2D eigenvalue weighted by atomic mass is 10.0. The lowest BCUT2D eigenvalue weighted by Gasteiger charge is -2.32. The lowest BCUT2D eigenvalue weighted by molar-refractivity contribution is -0.143. The van der Waals surface area contributed by atoms with Crippen molar-refractivity contribution in [1.82, 2.24) is 30.0 Å². The van der Waals surface area contributed by atoms with Crippen molar-refractivity contribution in [1.29, 1.82) is 0 Å². The number of likely N-dealkylation sites (tertiary alicyclic amines) is 1. The number of aryl methyl sites for hydroxylation is 3. The Labute approximate surface area is 386 Å². The van der Waals surface area contributed by atoms with Crippen molar-refractivity contribution >= 4 is 46.5 Å². The number of nitrogens with zero attached hydrogens (tertiary/aromatic N) is 3. The first kappa shape index (κ1) is 50.0. The minimum atomic E-state index is -0.719. The van der Waals surface area contributed by atoms with Crippen molar-refractivity contribution < 1.29 is 43.0 Å². The zero-order valence-electron chi connectivity index (χ0n) is 39.0. The largest absolute Gasteiger partial charge is 0.379 e. The van der Waals surface area contributed by atoms with Crippen molar-refractivity contribution in [2.45, 2.75) is 129 Å². The Kier molecular flexibility index (Phi) is 18.1. The average Bonchev–Trinajstić information content (AvgIpc) is 3.89. The summed E-state index contributed by atoms with van der Waals surface area (Å²) in [6.45, 7) is 8.46. The molecule has 66 heavy (non-hydrogen) atoms. The van der Waals surface area contributed by atoms with Crippen molar-refractivity contribution in [3.05, 3.63) is 69.6 Å². The van der Waals surface area contributed by atoms with E-state index in [2.05, 4.69) is 22.9 Å². The zero-order chi connectivity index (χ0) is 47.3. The van der Waals surface area contributed by atoms with E-state index in [9.17, 15) is 33.6 Å². The van der Waals surface area contributed by atoms with Gasteiger partial charge in [-0.3, -0.25) is 43.2 Å². The van der Waals surface area contributed by atoms with Crippen LogP contribution in [0.1, 0.15) is 108 Å². The first-order valence-electron chi connectivity index (χ1n) is 23.8. The van der Waals surface area contributed by atoms with Gasteiger partial charge in [0.15, 0.2) is 0 Å². The van der Waals surface area contributed by atoms with Gasteiger partial charge in [-0.05, 0) is 98.9 Å². The van der Waals surface area contributed by atoms with Crippen molar-refractivity contribution in [2.24, 2.45) is 30.5 Å². The van der Waals surface area contributed by atoms with E-state index >= 15 is 0 Å². The number of hydrogen-bond acceptors (Lipinski definition) is 10. The number of amides is 6. The molecule has 1 aromatic heterocycles. The number of carbonyl (C=O) groups excluding carboxylic acids is 6. The smallest absolute Gasteiger partial charge is 0.329 e. The second-order valence-electron chi connectivity index (χ2n) is 18.3. The molecular formula is C49H69N7O10. The number of aromatic nitrogens is 2. The summed E-state index contributed by atoms with van der Waals surface area (Å²) >= 11 is 0. The van der Waals surface area contributed by atoms with Gasteiger partial charge in [-0.15, -0.1) is 0 Å². The van der Waals surface area contributed by atoms with Crippen LogP contribution in [0.4, 0.5) is 0 Å². The Morgan fingerprint density at radius 2 is 1.62 bits per heavy atom. The van der Waals surface area contributed by atoms with E-state index in [1.165, 1.54) is 9.13 Å². The van der Waals surface area contributed by atoms with Gasteiger partial charge in [-0.1, -0.05) is 57.0 Å². The lowest BCUT2D eigenvalue weighted by Crippen LogP contribution is -2.54. The minimum Gasteiger partial charge on any atom is -0.379 e. The van der Waals surface area contributed by atoms with Crippen molar-refractivity contribution in [2.75, 3.05) is 39.5 Å². The number of ether oxygens (including phenoxy) is 3. The summed E-state index contributed by atoms with van der Waals surface area (Å²) in [7, 11) is 1.67. The van der Waals surface area contributed by atoms with Crippen LogP contribution in [0, 0.1) is 17.8 Å². The molecule has 6 rings (SSSR count). The van der Waals surface area contributed by atoms with Crippen LogP contribution in [-0.4, -0.2) is 107 Å². The Balaban J connectivity index is 0.828. The summed E-state index contributed by atoms with van der Waals surface area (Å²) in [5.41, 5.74) is 9.67. The summed E-state index contributed by atoms with van der Waals surface area (Å²) < 4.78 is 20.4.